The van der Waals surface area contributed by atoms with Gasteiger partial charge in [0.25, 0.3) is 0 Å². The van der Waals surface area contributed by atoms with E-state index in [9.17, 15) is 47.0 Å². The molecular weight excluding hydrogens is 1070 g/mol. The smallest absolute Gasteiger partial charge is 0.457 e. The fraction of sp³-hybridized carbons (Fsp3) is 0.458. The molecule has 0 radical (unpaired) electrons. The number of aliphatic hydroxyl groups is 2. The monoisotopic (exact) mass is 1140 g/mol. The van der Waals surface area contributed by atoms with E-state index in [0.29, 0.717) is 43.4 Å². The molecule has 4 aliphatic rings. The van der Waals surface area contributed by atoms with Gasteiger partial charge in [-0.25, -0.2) is 9.59 Å². The first-order valence-electron chi connectivity index (χ1n) is 25.7. The summed E-state index contributed by atoms with van der Waals surface area (Å²) in [7, 11) is 2.48. The van der Waals surface area contributed by atoms with Gasteiger partial charge in [0, 0.05) is 81.6 Å². The molecule has 10 rings (SSSR count). The van der Waals surface area contributed by atoms with E-state index in [2.05, 4.69) is 104 Å². The average Bonchev–Trinajstić information content (AvgIpc) is 4.39. The number of hydrogen-bond acceptors (Lipinski definition) is 13. The van der Waals surface area contributed by atoms with Gasteiger partial charge in [0.05, 0.1) is 50.3 Å². The molecule has 16 nitrogen and oxygen atoms in total. The number of carbonyl (C=O) groups excluding carboxylic acids is 4. The maximum atomic E-state index is 13.5. The van der Waals surface area contributed by atoms with E-state index in [-0.39, 0.29) is 85.3 Å². The molecule has 4 aromatic carbocycles. The van der Waals surface area contributed by atoms with E-state index in [1.54, 1.807) is 12.1 Å². The van der Waals surface area contributed by atoms with Gasteiger partial charge in [-0.2, -0.15) is 0 Å². The number of ether oxygens (including phenoxy) is 6. The van der Waals surface area contributed by atoms with Crippen LogP contribution in [-0.4, -0.2) is 94.5 Å². The minimum Gasteiger partial charge on any atom is -0.457 e. The third-order valence-corrected chi connectivity index (χ3v) is 14.7. The van der Waals surface area contributed by atoms with Crippen LogP contribution in [0.25, 0.3) is 21.8 Å². The van der Waals surface area contributed by atoms with Crippen LogP contribution in [0.1, 0.15) is 108 Å². The highest BCUT2D eigenvalue weighted by Gasteiger charge is 2.53. The molecule has 432 valence electrons. The maximum Gasteiger partial charge on any atom is 0.586 e. The maximum absolute atomic E-state index is 13.5. The number of benzene rings is 4. The van der Waals surface area contributed by atoms with Gasteiger partial charge >= 0.3 is 24.1 Å². The minimum atomic E-state index is -3.70. The second kappa shape index (κ2) is 22.9. The summed E-state index contributed by atoms with van der Waals surface area (Å²) in [5.41, 5.74) is 10.2. The molecule has 0 saturated heterocycles. The predicted octanol–water partition coefficient (Wildman–Crippen LogP) is 10.9. The summed E-state index contributed by atoms with van der Waals surface area (Å²) in [5.74, 6) is -0.0836. The molecule has 2 atom stereocenters. The fourth-order valence-corrected chi connectivity index (χ4v) is 10.2. The number of rotatable bonds is 15. The van der Waals surface area contributed by atoms with Crippen molar-refractivity contribution < 1.29 is 75.4 Å². The lowest BCUT2D eigenvalue weighted by molar-refractivity contribution is -0.287. The highest BCUT2D eigenvalue weighted by molar-refractivity contribution is 6.61. The number of alkyl carbamates (subject to hydrolysis) is 1. The Kier molecular flexibility index (Phi) is 17.4. The zero-order valence-electron chi connectivity index (χ0n) is 45.1. The van der Waals surface area contributed by atoms with Crippen molar-refractivity contribution in [1.29, 1.82) is 0 Å². The molecule has 6 aromatic rings. The summed E-state index contributed by atoms with van der Waals surface area (Å²) in [5, 5.41) is 25.2. The number of nitrogens with one attached hydrogen (secondary N) is 1. The van der Waals surface area contributed by atoms with Crippen LogP contribution in [0.2, 0.25) is 0 Å². The van der Waals surface area contributed by atoms with Crippen molar-refractivity contribution in [1.82, 2.24) is 14.5 Å². The van der Waals surface area contributed by atoms with Crippen LogP contribution in [0, 0.1) is 0 Å². The summed E-state index contributed by atoms with van der Waals surface area (Å²) >= 11 is 4.60. The average molecular weight is 1140 g/mol. The molecule has 2 aliphatic carbocycles. The lowest BCUT2D eigenvalue weighted by Gasteiger charge is -2.24. The lowest BCUT2D eigenvalue weighted by atomic mass is 9.87. The first-order chi connectivity index (χ1) is 37.0. The molecule has 0 spiro atoms. The van der Waals surface area contributed by atoms with Crippen LogP contribution in [-0.2, 0) is 66.7 Å². The molecule has 2 fully saturated rings. The number of alkyl halides is 4. The molecule has 1 amide bonds. The van der Waals surface area contributed by atoms with Gasteiger partial charge in [-0.3, -0.25) is 9.59 Å². The van der Waals surface area contributed by atoms with Crippen molar-refractivity contribution in [2.24, 2.45) is 5.73 Å². The number of Topliss-reactive ketones (excluding diaryl/α,β-unsaturated/α-hetero) is 2. The van der Waals surface area contributed by atoms with E-state index in [1.807, 2.05) is 41.0 Å². The van der Waals surface area contributed by atoms with Crippen LogP contribution in [0.4, 0.5) is 27.2 Å². The molecule has 2 aliphatic heterocycles. The Hall–Kier alpha value is -6.87. The van der Waals surface area contributed by atoms with Gasteiger partial charge in [0.1, 0.15) is 11.6 Å². The Morgan fingerprint density at radius 2 is 1.01 bits per heavy atom. The predicted molar refractivity (Wildman–Crippen MR) is 292 cm³/mol. The molecule has 80 heavy (non-hydrogen) atoms. The summed E-state index contributed by atoms with van der Waals surface area (Å²) in [4.78, 5) is 47.6. The summed E-state index contributed by atoms with van der Waals surface area (Å²) in [6.45, 7) is 13.5. The number of aromatic nitrogens is 2. The van der Waals surface area contributed by atoms with E-state index in [0.717, 1.165) is 44.3 Å². The van der Waals surface area contributed by atoms with Crippen molar-refractivity contribution in [3.63, 3.8) is 0 Å². The molecule has 0 bridgehead atoms. The second-order valence-corrected chi connectivity index (χ2v) is 22.8. The van der Waals surface area contributed by atoms with E-state index >= 15 is 0 Å². The van der Waals surface area contributed by atoms with Crippen molar-refractivity contribution in [2.75, 3.05) is 27.3 Å². The Labute approximate surface area is 466 Å². The molecule has 2 aromatic heterocycles. The van der Waals surface area contributed by atoms with Crippen molar-refractivity contribution in [3.05, 3.63) is 119 Å². The lowest BCUT2D eigenvalue weighted by Crippen LogP contribution is -2.35. The third kappa shape index (κ3) is 13.3. The summed E-state index contributed by atoms with van der Waals surface area (Å²) < 4.78 is 84.5. The Morgan fingerprint density at radius 3 is 1.36 bits per heavy atom. The molecular formula is C59H69ClF4N4O12. The highest BCUT2D eigenvalue weighted by Crippen LogP contribution is 2.54. The largest absolute Gasteiger partial charge is 0.586 e. The topological polar surface area (TPSA) is 212 Å². The van der Waals surface area contributed by atoms with Gasteiger partial charge in [0.15, 0.2) is 23.0 Å². The second-order valence-electron chi connectivity index (χ2n) is 22.4. The highest BCUT2D eigenvalue weighted by atomic mass is 35.5. The Balaban J connectivity index is 0.000000212. The molecule has 0 unspecified atom stereocenters. The normalized spacial score (nSPS) is 17.1. The SMILES string of the molecule is C.CC(C)(C)c1cc2cc(CC(=O)C3(c4ccc5c(c4)OC(F)(F)O5)CC3)ccc2n1C[C@@H](O)CN.COC(=O)Cl.COC(=O)NC[C@H](O)Cn1c(C(C)(C)C)cc2cc(CC(=O)C3(c4ccc5c(c4)OC(F)(F)O5)CC3)ccc21. The number of ketones is 2. The van der Waals surface area contributed by atoms with Gasteiger partial charge < -0.3 is 58.8 Å². The van der Waals surface area contributed by atoms with Crippen LogP contribution < -0.4 is 30.0 Å². The standard InChI is InChI=1S/C29H32F2N2O6.C27H30F2N2O4.C2H3ClO2.CH4/c1-27(2,3)24-13-18-11-17(5-7-21(18)33(24)16-20(34)15-32-26(36)37-4)12-25(35)28(9-10-28)19-6-8-22-23(14-19)39-29(30,31)38-22;1-25(2,3)23-12-17-10-16(4-6-20(17)31(23)15-19(32)14-30)11-24(33)26(8-9-26)18-5-7-21-22(13-18)35-27(28,29)34-21;1-5-2(3)4;/h5-8,11,13-14,20,34H,9-10,12,15-16H2,1-4H3,(H,32,36);4-7,10,12-13,19,32H,8-9,11,14-15,30H2,1-3H3;1H3;1H4/t20-;19-;;/m00../s1. The Morgan fingerprint density at radius 1 is 0.625 bits per heavy atom. The Bertz CT molecular complexity index is 3300. The van der Waals surface area contributed by atoms with E-state index in [4.69, 9.17) is 5.73 Å². The summed E-state index contributed by atoms with van der Waals surface area (Å²) in [6, 6.07) is 25.1. The van der Waals surface area contributed by atoms with Gasteiger partial charge in [-0.15, -0.1) is 17.6 Å². The fourth-order valence-electron chi connectivity index (χ4n) is 10.2. The summed E-state index contributed by atoms with van der Waals surface area (Å²) in [6.07, 6.45) is -6.40. The van der Waals surface area contributed by atoms with E-state index < -0.39 is 47.1 Å². The number of hydrogen-bond donors (Lipinski definition) is 4. The number of carbonyl (C=O) groups is 4. The molecule has 2 saturated carbocycles. The van der Waals surface area contributed by atoms with Crippen LogP contribution in [0.5, 0.6) is 23.0 Å². The quantitative estimate of drug-likeness (QED) is 0.0557. The first-order valence-corrected chi connectivity index (χ1v) is 26.1. The number of amides is 1. The molecule has 21 heteroatoms. The van der Waals surface area contributed by atoms with E-state index in [1.165, 1.54) is 38.5 Å². The van der Waals surface area contributed by atoms with Crippen molar-refractivity contribution in [2.45, 2.75) is 147 Å². The van der Waals surface area contributed by atoms with Crippen molar-refractivity contribution >= 4 is 56.5 Å². The zero-order valence-corrected chi connectivity index (χ0v) is 45.9. The van der Waals surface area contributed by atoms with Crippen molar-refractivity contribution in [3.8, 4) is 23.0 Å². The van der Waals surface area contributed by atoms with Gasteiger partial charge in [-0.1, -0.05) is 73.2 Å². The number of halogens is 5. The van der Waals surface area contributed by atoms with Crippen LogP contribution in [0.15, 0.2) is 84.9 Å². The molecule has 4 heterocycles. The molecule has 5 N–H and O–H groups in total. The van der Waals surface area contributed by atoms with Crippen LogP contribution in [0.3, 0.4) is 0 Å². The first kappa shape index (κ1) is 60.8. The number of nitrogens with zero attached hydrogens (tertiary/aromatic N) is 2. The zero-order chi connectivity index (χ0) is 57.6. The number of aliphatic hydroxyl groups excluding tert-OH is 2. The number of fused-ring (bicyclic) bond motifs is 4. The van der Waals surface area contributed by atoms with Crippen LogP contribution >= 0.6 is 11.6 Å². The van der Waals surface area contributed by atoms with Gasteiger partial charge in [-0.05, 0) is 109 Å². The minimum absolute atomic E-state index is 0. The third-order valence-electron chi connectivity index (χ3n) is 14.6. The number of nitrogens with two attached hydrogens (primary N) is 1. The van der Waals surface area contributed by atoms with Gasteiger partial charge in [0.2, 0.25) is 0 Å². The number of methoxy groups -OCH3 is 2.